The maximum Gasteiger partial charge on any atom is 0.310 e. The van der Waals surface area contributed by atoms with E-state index < -0.39 is 0 Å². The number of benzene rings is 1. The maximum absolute atomic E-state index is 12.6. The van der Waals surface area contributed by atoms with E-state index in [-0.39, 0.29) is 54.2 Å². The molecule has 2 aliphatic rings. The third-order valence-electron chi connectivity index (χ3n) is 5.21. The number of hydrogen-bond acceptors (Lipinski definition) is 4. The summed E-state index contributed by atoms with van der Waals surface area (Å²) in [6, 6.07) is 8.00. The summed E-state index contributed by atoms with van der Waals surface area (Å²) in [5.41, 5.74) is 2.20. The molecule has 1 saturated heterocycles. The number of esters is 1. The largest absolute Gasteiger partial charge is 0.469 e. The van der Waals surface area contributed by atoms with Gasteiger partial charge in [-0.25, -0.2) is 0 Å². The van der Waals surface area contributed by atoms with Gasteiger partial charge in [0, 0.05) is 32.4 Å². The van der Waals surface area contributed by atoms with Gasteiger partial charge in [0.05, 0.1) is 19.6 Å². The second-order valence-electron chi connectivity index (χ2n) is 6.84. The fourth-order valence-electron chi connectivity index (χ4n) is 3.78. The van der Waals surface area contributed by atoms with E-state index in [1.165, 1.54) is 12.7 Å². The second kappa shape index (κ2) is 9.38. The summed E-state index contributed by atoms with van der Waals surface area (Å²) in [4.78, 5) is 32.6. The first-order valence-corrected chi connectivity index (χ1v) is 8.96. The number of ether oxygens (including phenoxy) is 1. The summed E-state index contributed by atoms with van der Waals surface area (Å²) < 4.78 is 4.88. The maximum atomic E-state index is 12.6. The van der Waals surface area contributed by atoms with Crippen LogP contribution in [0, 0.1) is 11.8 Å². The van der Waals surface area contributed by atoms with E-state index in [0.29, 0.717) is 25.6 Å². The van der Waals surface area contributed by atoms with Crippen molar-refractivity contribution in [1.29, 1.82) is 0 Å². The van der Waals surface area contributed by atoms with Gasteiger partial charge in [-0.2, -0.15) is 0 Å². The van der Waals surface area contributed by atoms with Crippen LogP contribution in [0.15, 0.2) is 29.3 Å². The van der Waals surface area contributed by atoms with Crippen LogP contribution in [0.25, 0.3) is 0 Å². The number of likely N-dealkylation sites (tertiary alicyclic amines) is 1. The first-order valence-electron chi connectivity index (χ1n) is 8.96. The lowest BCUT2D eigenvalue weighted by atomic mass is 9.99. The van der Waals surface area contributed by atoms with E-state index in [1.54, 1.807) is 7.05 Å². The van der Waals surface area contributed by atoms with Crippen molar-refractivity contribution in [3.8, 4) is 0 Å². The van der Waals surface area contributed by atoms with Crippen molar-refractivity contribution in [2.45, 2.75) is 13.3 Å². The molecule has 1 aromatic carbocycles. The zero-order valence-electron chi connectivity index (χ0n) is 16.0. The molecule has 3 rings (SSSR count). The third-order valence-corrected chi connectivity index (χ3v) is 5.21. The van der Waals surface area contributed by atoms with Crippen LogP contribution in [0.1, 0.15) is 12.5 Å². The number of halogens is 1. The first kappa shape index (κ1) is 21.5. The molecule has 148 valence electrons. The van der Waals surface area contributed by atoms with Gasteiger partial charge in [-0.05, 0) is 24.0 Å². The normalized spacial score (nSPS) is 21.5. The smallest absolute Gasteiger partial charge is 0.310 e. The summed E-state index contributed by atoms with van der Waals surface area (Å²) in [7, 11) is 3.10. The van der Waals surface area contributed by atoms with E-state index in [9.17, 15) is 9.59 Å². The quantitative estimate of drug-likeness (QED) is 0.304. The minimum Gasteiger partial charge on any atom is -0.469 e. The van der Waals surface area contributed by atoms with E-state index in [1.807, 2.05) is 34.9 Å². The van der Waals surface area contributed by atoms with Gasteiger partial charge >= 0.3 is 5.97 Å². The van der Waals surface area contributed by atoms with Gasteiger partial charge < -0.3 is 19.9 Å². The average Bonchev–Trinajstić information content (AvgIpc) is 3.25. The van der Waals surface area contributed by atoms with Gasteiger partial charge in [0.2, 0.25) is 5.91 Å². The topological polar surface area (TPSA) is 74.2 Å². The van der Waals surface area contributed by atoms with E-state index in [4.69, 9.17) is 4.74 Å². The van der Waals surface area contributed by atoms with Gasteiger partial charge in [0.1, 0.15) is 0 Å². The Labute approximate surface area is 177 Å². The molecule has 0 aromatic heterocycles. The highest BCUT2D eigenvalue weighted by Crippen LogP contribution is 2.27. The molecule has 1 N–H and O–H groups in total. The zero-order valence-corrected chi connectivity index (χ0v) is 18.3. The number of carbonyl (C=O) groups excluding carboxylic acids is 2. The molecule has 2 unspecified atom stereocenters. The average molecular weight is 486 g/mol. The first-order chi connectivity index (χ1) is 12.5. The van der Waals surface area contributed by atoms with Gasteiger partial charge in [0.15, 0.2) is 5.96 Å². The molecule has 2 heterocycles. The monoisotopic (exact) mass is 486 g/mol. The summed E-state index contributed by atoms with van der Waals surface area (Å²) >= 11 is 0. The van der Waals surface area contributed by atoms with Crippen molar-refractivity contribution in [1.82, 2.24) is 10.2 Å². The molecule has 0 aliphatic carbocycles. The lowest BCUT2D eigenvalue weighted by molar-refractivity contribution is -0.146. The SMILES string of the molecule is CN=C(NCC(=O)N1CCc2ccccc21)N1CC(C)C(C(=O)OC)C1.I. The van der Waals surface area contributed by atoms with E-state index >= 15 is 0 Å². The van der Waals surface area contributed by atoms with Crippen molar-refractivity contribution >= 4 is 47.5 Å². The lowest BCUT2D eigenvalue weighted by Crippen LogP contribution is -2.46. The number of hydrogen-bond donors (Lipinski definition) is 1. The Kier molecular flexibility index (Phi) is 7.46. The number of rotatable bonds is 3. The molecule has 8 heteroatoms. The molecule has 0 bridgehead atoms. The number of nitrogens with zero attached hydrogens (tertiary/aromatic N) is 3. The Morgan fingerprint density at radius 3 is 2.74 bits per heavy atom. The van der Waals surface area contributed by atoms with Crippen LogP contribution in [0.4, 0.5) is 5.69 Å². The zero-order chi connectivity index (χ0) is 18.7. The number of aliphatic imine (C=N–C) groups is 1. The molecule has 1 fully saturated rings. The molecular weight excluding hydrogens is 459 g/mol. The Morgan fingerprint density at radius 2 is 2.04 bits per heavy atom. The number of carbonyl (C=O) groups is 2. The standard InChI is InChI=1S/C19H26N4O3.HI/c1-13-11-22(12-15(13)18(25)26-3)19(20-2)21-10-17(24)23-9-8-14-6-4-5-7-16(14)23;/h4-7,13,15H,8-12H2,1-3H3,(H,20,21);1H. The van der Waals surface area contributed by atoms with Crippen LogP contribution in [0.2, 0.25) is 0 Å². The van der Waals surface area contributed by atoms with Crippen LogP contribution in [0.3, 0.4) is 0 Å². The number of methoxy groups -OCH3 is 1. The summed E-state index contributed by atoms with van der Waals surface area (Å²) in [6.07, 6.45) is 0.890. The van der Waals surface area contributed by atoms with Crippen LogP contribution < -0.4 is 10.2 Å². The Morgan fingerprint density at radius 1 is 1.30 bits per heavy atom. The summed E-state index contributed by atoms with van der Waals surface area (Å²) in [6.45, 7) is 4.17. The highest BCUT2D eigenvalue weighted by atomic mass is 127. The van der Waals surface area contributed by atoms with Crippen LogP contribution >= 0.6 is 24.0 Å². The molecule has 7 nitrogen and oxygen atoms in total. The fraction of sp³-hybridized carbons (Fsp3) is 0.526. The number of amides is 1. The summed E-state index contributed by atoms with van der Waals surface area (Å²) in [5.74, 6) is 0.485. The minimum atomic E-state index is -0.194. The molecule has 1 amide bonds. The molecular formula is C19H27IN4O3. The van der Waals surface area contributed by atoms with Crippen molar-refractivity contribution < 1.29 is 14.3 Å². The van der Waals surface area contributed by atoms with Crippen molar-refractivity contribution in [3.63, 3.8) is 0 Å². The third kappa shape index (κ3) is 4.53. The molecule has 2 atom stereocenters. The fourth-order valence-corrected chi connectivity index (χ4v) is 3.78. The number of anilines is 1. The van der Waals surface area contributed by atoms with E-state index in [2.05, 4.69) is 16.4 Å². The Hall–Kier alpha value is -1.84. The Bertz CT molecular complexity index is 725. The molecule has 0 radical (unpaired) electrons. The summed E-state index contributed by atoms with van der Waals surface area (Å²) in [5, 5.41) is 3.15. The number of guanidine groups is 1. The number of fused-ring (bicyclic) bond motifs is 1. The van der Waals surface area contributed by atoms with Crippen LogP contribution in [0.5, 0.6) is 0 Å². The molecule has 0 saturated carbocycles. The predicted octanol–water partition coefficient (Wildman–Crippen LogP) is 1.51. The molecule has 0 spiro atoms. The van der Waals surface area contributed by atoms with Crippen molar-refractivity contribution in [3.05, 3.63) is 29.8 Å². The highest BCUT2D eigenvalue weighted by molar-refractivity contribution is 14.0. The lowest BCUT2D eigenvalue weighted by Gasteiger charge is -2.23. The molecule has 27 heavy (non-hydrogen) atoms. The molecule has 1 aromatic rings. The van der Waals surface area contributed by atoms with Gasteiger partial charge in [0.25, 0.3) is 0 Å². The predicted molar refractivity (Wildman–Crippen MR) is 116 cm³/mol. The molecule has 2 aliphatic heterocycles. The van der Waals surface area contributed by atoms with Gasteiger partial charge in [-0.15, -0.1) is 24.0 Å². The van der Waals surface area contributed by atoms with Crippen LogP contribution in [-0.4, -0.2) is 63.1 Å². The number of para-hydroxylation sites is 1. The van der Waals surface area contributed by atoms with Gasteiger partial charge in [-0.1, -0.05) is 25.1 Å². The van der Waals surface area contributed by atoms with Crippen molar-refractivity contribution in [2.75, 3.05) is 45.2 Å². The van der Waals surface area contributed by atoms with Gasteiger partial charge in [-0.3, -0.25) is 14.6 Å². The van der Waals surface area contributed by atoms with E-state index in [0.717, 1.165) is 12.1 Å². The number of nitrogens with one attached hydrogen (secondary N) is 1. The van der Waals surface area contributed by atoms with Crippen LogP contribution in [-0.2, 0) is 20.7 Å². The minimum absolute atomic E-state index is 0. The highest BCUT2D eigenvalue weighted by Gasteiger charge is 2.37. The second-order valence-corrected chi connectivity index (χ2v) is 6.84. The Balaban J connectivity index is 0.00000261. The van der Waals surface area contributed by atoms with Crippen molar-refractivity contribution in [2.24, 2.45) is 16.8 Å².